The van der Waals surface area contributed by atoms with Crippen molar-refractivity contribution in [2.45, 2.75) is 32.2 Å². The minimum atomic E-state index is -0.594. The van der Waals surface area contributed by atoms with Crippen molar-refractivity contribution in [3.63, 3.8) is 0 Å². The first kappa shape index (κ1) is 17.8. The van der Waals surface area contributed by atoms with Crippen LogP contribution < -0.4 is 5.32 Å². The van der Waals surface area contributed by atoms with Gasteiger partial charge in [-0.1, -0.05) is 12.1 Å². The summed E-state index contributed by atoms with van der Waals surface area (Å²) in [4.78, 5) is 37.9. The number of likely N-dealkylation sites (tertiary alicyclic amines) is 1. The van der Waals surface area contributed by atoms with Crippen LogP contribution in [0.25, 0.3) is 0 Å². The molecule has 1 heterocycles. The summed E-state index contributed by atoms with van der Waals surface area (Å²) in [6, 6.07) is 5.56. The summed E-state index contributed by atoms with van der Waals surface area (Å²) < 4.78 is 9.77. The van der Waals surface area contributed by atoms with Gasteiger partial charge in [-0.15, -0.1) is 0 Å². The lowest BCUT2D eigenvalue weighted by molar-refractivity contribution is -0.149. The Morgan fingerprint density at radius 2 is 2.00 bits per heavy atom. The average Bonchev–Trinajstić information content (AvgIpc) is 2.61. The van der Waals surface area contributed by atoms with Crippen molar-refractivity contribution >= 4 is 23.7 Å². The van der Waals surface area contributed by atoms with Gasteiger partial charge in [0.2, 0.25) is 0 Å². The molecule has 1 aromatic carbocycles. The molecule has 1 aromatic rings. The molecule has 24 heavy (non-hydrogen) atoms. The first-order valence-electron chi connectivity index (χ1n) is 8.00. The lowest BCUT2D eigenvalue weighted by atomic mass is 10.0. The Balaban J connectivity index is 2.16. The highest BCUT2D eigenvalue weighted by Crippen LogP contribution is 2.21. The number of amides is 2. The number of anilines is 1. The number of benzene rings is 1. The summed E-state index contributed by atoms with van der Waals surface area (Å²) in [5.41, 5.74) is 0.612. The van der Waals surface area contributed by atoms with Gasteiger partial charge in [0.25, 0.3) is 0 Å². The SMILES string of the molecule is CCOC(=O)C1CCCCN1C(=O)Nc1ccccc1C(=O)OC. The number of para-hydroxylation sites is 1. The van der Waals surface area contributed by atoms with E-state index in [9.17, 15) is 14.4 Å². The Hall–Kier alpha value is -2.57. The molecule has 7 nitrogen and oxygen atoms in total. The predicted molar refractivity (Wildman–Crippen MR) is 87.8 cm³/mol. The van der Waals surface area contributed by atoms with E-state index in [1.165, 1.54) is 12.0 Å². The molecule has 0 radical (unpaired) electrons. The van der Waals surface area contributed by atoms with Gasteiger partial charge in [-0.3, -0.25) is 0 Å². The van der Waals surface area contributed by atoms with E-state index >= 15 is 0 Å². The van der Waals surface area contributed by atoms with Gasteiger partial charge in [-0.2, -0.15) is 0 Å². The molecule has 1 aliphatic heterocycles. The van der Waals surface area contributed by atoms with Gasteiger partial charge in [0.15, 0.2) is 0 Å². The van der Waals surface area contributed by atoms with Crippen LogP contribution in [0.1, 0.15) is 36.5 Å². The number of esters is 2. The highest BCUT2D eigenvalue weighted by molar-refractivity contribution is 6.01. The van der Waals surface area contributed by atoms with Crippen LogP contribution >= 0.6 is 0 Å². The number of rotatable bonds is 4. The number of nitrogens with zero attached hydrogens (tertiary/aromatic N) is 1. The van der Waals surface area contributed by atoms with E-state index < -0.39 is 24.0 Å². The van der Waals surface area contributed by atoms with Crippen LogP contribution in [0.3, 0.4) is 0 Å². The summed E-state index contributed by atoms with van der Waals surface area (Å²) in [7, 11) is 1.28. The zero-order valence-corrected chi connectivity index (χ0v) is 13.9. The van der Waals surface area contributed by atoms with Crippen molar-refractivity contribution in [3.05, 3.63) is 29.8 Å². The summed E-state index contributed by atoms with van der Waals surface area (Å²) in [5.74, 6) is -0.930. The maximum Gasteiger partial charge on any atom is 0.339 e. The quantitative estimate of drug-likeness (QED) is 0.855. The lowest BCUT2D eigenvalue weighted by Gasteiger charge is -2.34. The molecule has 0 aromatic heterocycles. The van der Waals surface area contributed by atoms with Crippen molar-refractivity contribution in [1.29, 1.82) is 0 Å². The molecular formula is C17H22N2O5. The van der Waals surface area contributed by atoms with Crippen molar-refractivity contribution < 1.29 is 23.9 Å². The highest BCUT2D eigenvalue weighted by atomic mass is 16.5. The number of nitrogens with one attached hydrogen (secondary N) is 1. The summed E-state index contributed by atoms with van der Waals surface area (Å²) >= 11 is 0. The van der Waals surface area contributed by atoms with E-state index in [0.29, 0.717) is 18.7 Å². The van der Waals surface area contributed by atoms with E-state index in [4.69, 9.17) is 9.47 Å². The summed E-state index contributed by atoms with van der Waals surface area (Å²) in [6.45, 7) is 2.48. The third-order valence-corrected chi connectivity index (χ3v) is 3.90. The normalized spacial score (nSPS) is 17.1. The van der Waals surface area contributed by atoms with Gasteiger partial charge in [0.1, 0.15) is 6.04 Å². The van der Waals surface area contributed by atoms with Gasteiger partial charge in [-0.05, 0) is 38.3 Å². The van der Waals surface area contributed by atoms with Crippen LogP contribution in [0, 0.1) is 0 Å². The Kier molecular flexibility index (Phi) is 6.17. The zero-order chi connectivity index (χ0) is 17.5. The number of hydrogen-bond acceptors (Lipinski definition) is 5. The molecule has 0 bridgehead atoms. The highest BCUT2D eigenvalue weighted by Gasteiger charge is 2.33. The van der Waals surface area contributed by atoms with Crippen LogP contribution in [-0.4, -0.2) is 49.2 Å². The first-order chi connectivity index (χ1) is 11.6. The Bertz CT molecular complexity index is 617. The Morgan fingerprint density at radius 3 is 2.71 bits per heavy atom. The van der Waals surface area contributed by atoms with E-state index in [2.05, 4.69) is 5.32 Å². The minimum absolute atomic E-state index is 0.262. The van der Waals surface area contributed by atoms with Crippen LogP contribution in [0.5, 0.6) is 0 Å². The fourth-order valence-electron chi connectivity index (χ4n) is 2.73. The van der Waals surface area contributed by atoms with Crippen LogP contribution in [0.2, 0.25) is 0 Å². The molecule has 0 aliphatic carbocycles. The van der Waals surface area contributed by atoms with Crippen molar-refractivity contribution in [1.82, 2.24) is 4.90 Å². The number of hydrogen-bond donors (Lipinski definition) is 1. The smallest absolute Gasteiger partial charge is 0.339 e. The molecule has 130 valence electrons. The Morgan fingerprint density at radius 1 is 1.25 bits per heavy atom. The summed E-state index contributed by atoms with van der Waals surface area (Å²) in [5, 5.41) is 2.70. The van der Waals surface area contributed by atoms with E-state index in [1.54, 1.807) is 31.2 Å². The fourth-order valence-corrected chi connectivity index (χ4v) is 2.73. The standard InChI is InChI=1S/C17H22N2O5/c1-3-24-16(21)14-10-6-7-11-19(14)17(22)18-13-9-5-4-8-12(13)15(20)23-2/h4-5,8-9,14H,3,6-7,10-11H2,1-2H3,(H,18,22). The zero-order valence-electron chi connectivity index (χ0n) is 13.9. The maximum absolute atomic E-state index is 12.6. The molecular weight excluding hydrogens is 312 g/mol. The van der Waals surface area contributed by atoms with E-state index in [-0.39, 0.29) is 12.2 Å². The third-order valence-electron chi connectivity index (χ3n) is 3.90. The molecule has 7 heteroatoms. The number of carbonyl (C=O) groups excluding carboxylic acids is 3. The second-order valence-corrected chi connectivity index (χ2v) is 5.42. The Labute approximate surface area is 140 Å². The molecule has 2 rings (SSSR count). The monoisotopic (exact) mass is 334 g/mol. The van der Waals surface area contributed by atoms with Crippen LogP contribution in [0.4, 0.5) is 10.5 Å². The molecule has 0 saturated carbocycles. The van der Waals surface area contributed by atoms with Crippen molar-refractivity contribution in [2.75, 3.05) is 25.6 Å². The topological polar surface area (TPSA) is 84.9 Å². The predicted octanol–water partition coefficient (Wildman–Crippen LogP) is 2.42. The van der Waals surface area contributed by atoms with Crippen molar-refractivity contribution in [3.8, 4) is 0 Å². The van der Waals surface area contributed by atoms with Gasteiger partial charge >= 0.3 is 18.0 Å². The number of methoxy groups -OCH3 is 1. The largest absolute Gasteiger partial charge is 0.465 e. The molecule has 1 saturated heterocycles. The van der Waals surface area contributed by atoms with E-state index in [1.807, 2.05) is 0 Å². The number of urea groups is 1. The van der Waals surface area contributed by atoms with Gasteiger partial charge in [-0.25, -0.2) is 14.4 Å². The average molecular weight is 334 g/mol. The molecule has 1 aliphatic rings. The van der Waals surface area contributed by atoms with Crippen LogP contribution in [0.15, 0.2) is 24.3 Å². The maximum atomic E-state index is 12.6. The first-order valence-corrected chi connectivity index (χ1v) is 8.00. The van der Waals surface area contributed by atoms with Gasteiger partial charge in [0.05, 0.1) is 25.0 Å². The fraction of sp³-hybridized carbons (Fsp3) is 0.471. The molecule has 1 atom stereocenters. The molecule has 1 fully saturated rings. The molecule has 1 N–H and O–H groups in total. The second kappa shape index (κ2) is 8.33. The van der Waals surface area contributed by atoms with Crippen molar-refractivity contribution in [2.24, 2.45) is 0 Å². The number of piperidine rings is 1. The third kappa shape index (κ3) is 4.04. The second-order valence-electron chi connectivity index (χ2n) is 5.42. The van der Waals surface area contributed by atoms with Gasteiger partial charge < -0.3 is 19.7 Å². The molecule has 2 amide bonds. The van der Waals surface area contributed by atoms with Gasteiger partial charge in [0, 0.05) is 6.54 Å². The summed E-state index contributed by atoms with van der Waals surface area (Å²) in [6.07, 6.45) is 2.26. The van der Waals surface area contributed by atoms with Crippen LogP contribution in [-0.2, 0) is 14.3 Å². The lowest BCUT2D eigenvalue weighted by Crippen LogP contribution is -2.50. The molecule has 1 unspecified atom stereocenters. The molecule has 0 spiro atoms. The number of ether oxygens (including phenoxy) is 2. The van der Waals surface area contributed by atoms with E-state index in [0.717, 1.165) is 12.8 Å². The minimum Gasteiger partial charge on any atom is -0.465 e. The number of carbonyl (C=O) groups is 3.